The zero-order valence-corrected chi connectivity index (χ0v) is 13.5. The van der Waals surface area contributed by atoms with E-state index in [1.54, 1.807) is 31.6 Å². The van der Waals surface area contributed by atoms with E-state index in [2.05, 4.69) is 25.3 Å². The predicted molar refractivity (Wildman–Crippen MR) is 87.5 cm³/mol. The number of nitrogens with one attached hydrogen (secondary N) is 1. The lowest BCUT2D eigenvalue weighted by Crippen LogP contribution is -2.54. The topological polar surface area (TPSA) is 104 Å². The van der Waals surface area contributed by atoms with Crippen molar-refractivity contribution < 1.29 is 9.90 Å². The highest BCUT2D eigenvalue weighted by molar-refractivity contribution is 5.91. The van der Waals surface area contributed by atoms with Crippen molar-refractivity contribution in [2.75, 3.05) is 24.5 Å². The van der Waals surface area contributed by atoms with E-state index in [0.29, 0.717) is 18.9 Å². The Morgan fingerprint density at radius 2 is 2.08 bits per heavy atom. The first-order chi connectivity index (χ1) is 11.6. The van der Waals surface area contributed by atoms with E-state index in [4.69, 9.17) is 0 Å². The second kappa shape index (κ2) is 6.88. The Labute approximate surface area is 140 Å². The van der Waals surface area contributed by atoms with Crippen molar-refractivity contribution in [3.05, 3.63) is 42.2 Å². The first-order valence-corrected chi connectivity index (χ1v) is 7.87. The van der Waals surface area contributed by atoms with E-state index in [1.165, 1.54) is 6.20 Å². The lowest BCUT2D eigenvalue weighted by Gasteiger charge is -2.39. The number of aryl methyl sites for hydroxylation is 1. The Morgan fingerprint density at radius 3 is 2.79 bits per heavy atom. The van der Waals surface area contributed by atoms with Gasteiger partial charge in [0, 0.05) is 31.7 Å². The average Bonchev–Trinajstić information content (AvgIpc) is 2.61. The Kier molecular flexibility index (Phi) is 4.66. The van der Waals surface area contributed by atoms with E-state index < -0.39 is 5.60 Å². The van der Waals surface area contributed by atoms with Crippen molar-refractivity contribution in [3.63, 3.8) is 0 Å². The fourth-order valence-corrected chi connectivity index (χ4v) is 2.73. The molecule has 1 fully saturated rings. The van der Waals surface area contributed by atoms with Gasteiger partial charge >= 0.3 is 0 Å². The molecule has 0 aromatic carbocycles. The smallest absolute Gasteiger partial charge is 0.271 e. The van der Waals surface area contributed by atoms with E-state index in [1.807, 2.05) is 4.90 Å². The van der Waals surface area contributed by atoms with Crippen LogP contribution < -0.4 is 10.2 Å². The minimum absolute atomic E-state index is 0.144. The van der Waals surface area contributed by atoms with Crippen LogP contribution in [-0.2, 0) is 0 Å². The Balaban J connectivity index is 1.61. The molecule has 0 saturated carbocycles. The van der Waals surface area contributed by atoms with E-state index in [-0.39, 0.29) is 18.1 Å². The number of anilines is 1. The maximum Gasteiger partial charge on any atom is 0.271 e. The molecular weight excluding hydrogens is 308 g/mol. The molecule has 2 aromatic heterocycles. The molecule has 126 valence electrons. The summed E-state index contributed by atoms with van der Waals surface area (Å²) in [5, 5.41) is 13.5. The number of rotatable bonds is 4. The number of nitrogens with zero attached hydrogens (tertiary/aromatic N) is 5. The molecule has 3 rings (SSSR count). The van der Waals surface area contributed by atoms with Crippen LogP contribution in [0.15, 0.2) is 30.9 Å². The van der Waals surface area contributed by atoms with Gasteiger partial charge < -0.3 is 15.3 Å². The van der Waals surface area contributed by atoms with Crippen LogP contribution in [0.1, 0.15) is 29.0 Å². The van der Waals surface area contributed by atoms with Crippen LogP contribution in [0.2, 0.25) is 0 Å². The monoisotopic (exact) mass is 328 g/mol. The van der Waals surface area contributed by atoms with Gasteiger partial charge in [-0.05, 0) is 25.8 Å². The minimum Gasteiger partial charge on any atom is -0.386 e. The van der Waals surface area contributed by atoms with Gasteiger partial charge in [-0.3, -0.25) is 9.78 Å². The van der Waals surface area contributed by atoms with Crippen molar-refractivity contribution in [2.24, 2.45) is 0 Å². The second-order valence-electron chi connectivity index (χ2n) is 6.02. The van der Waals surface area contributed by atoms with Crippen LogP contribution in [0, 0.1) is 6.92 Å². The van der Waals surface area contributed by atoms with Gasteiger partial charge in [0.2, 0.25) is 5.95 Å². The van der Waals surface area contributed by atoms with Gasteiger partial charge in [0.1, 0.15) is 5.69 Å². The predicted octanol–water partition coefficient (Wildman–Crippen LogP) is 0.336. The number of piperidine rings is 1. The molecule has 1 atom stereocenters. The number of aromatic nitrogens is 4. The highest BCUT2D eigenvalue weighted by atomic mass is 16.3. The maximum absolute atomic E-state index is 12.1. The molecule has 1 amide bonds. The van der Waals surface area contributed by atoms with Crippen LogP contribution in [0.4, 0.5) is 5.95 Å². The minimum atomic E-state index is -1.02. The van der Waals surface area contributed by atoms with Crippen LogP contribution >= 0.6 is 0 Å². The molecule has 2 N–H and O–H groups in total. The Morgan fingerprint density at radius 1 is 1.29 bits per heavy atom. The molecular formula is C16H20N6O2. The molecule has 3 heterocycles. The van der Waals surface area contributed by atoms with Gasteiger partial charge in [-0.15, -0.1) is 0 Å². The number of carbonyl (C=O) groups excluding carboxylic acids is 1. The Bertz CT molecular complexity index is 693. The van der Waals surface area contributed by atoms with Crippen molar-refractivity contribution in [3.8, 4) is 0 Å². The summed E-state index contributed by atoms with van der Waals surface area (Å²) in [5.74, 6) is 0.246. The number of aliphatic hydroxyl groups is 1. The lowest BCUT2D eigenvalue weighted by atomic mass is 9.93. The van der Waals surface area contributed by atoms with Crippen molar-refractivity contribution in [1.82, 2.24) is 25.3 Å². The fourth-order valence-electron chi connectivity index (χ4n) is 2.73. The van der Waals surface area contributed by atoms with Crippen LogP contribution in [0.5, 0.6) is 0 Å². The summed E-state index contributed by atoms with van der Waals surface area (Å²) in [6.07, 6.45) is 7.73. The third kappa shape index (κ3) is 3.83. The number of hydrogen-bond donors (Lipinski definition) is 2. The summed E-state index contributed by atoms with van der Waals surface area (Å²) in [7, 11) is 0. The third-order valence-corrected chi connectivity index (χ3v) is 3.98. The molecule has 1 aliphatic rings. The number of β-amino-alcohol motifs (C(OH)–C–C–N with tert-alkyl or cyclic N) is 1. The molecule has 0 radical (unpaired) electrons. The van der Waals surface area contributed by atoms with Crippen LogP contribution in [0.25, 0.3) is 0 Å². The van der Waals surface area contributed by atoms with Gasteiger partial charge in [0.05, 0.1) is 24.0 Å². The molecule has 0 aliphatic carbocycles. The Hall–Kier alpha value is -2.61. The molecule has 1 aliphatic heterocycles. The number of carbonyl (C=O) groups is 1. The summed E-state index contributed by atoms with van der Waals surface area (Å²) in [6, 6.07) is 1.75. The average molecular weight is 328 g/mol. The maximum atomic E-state index is 12.1. The quantitative estimate of drug-likeness (QED) is 0.834. The zero-order valence-electron chi connectivity index (χ0n) is 13.5. The first kappa shape index (κ1) is 16.3. The first-order valence-electron chi connectivity index (χ1n) is 7.87. The van der Waals surface area contributed by atoms with Gasteiger partial charge in [0.15, 0.2) is 0 Å². The number of amides is 1. The third-order valence-electron chi connectivity index (χ3n) is 3.98. The summed E-state index contributed by atoms with van der Waals surface area (Å²) in [6.45, 7) is 3.10. The standard InChI is InChI=1S/C16H20N6O2/c1-12-8-20-13(9-19-12)14(23)21-10-16(24)4-2-7-22(11-16)15-17-5-3-6-18-15/h3,5-6,8-9,24H,2,4,7,10-11H2,1H3,(H,21,23)/t16-/m0/s1. The summed E-state index contributed by atoms with van der Waals surface area (Å²) >= 11 is 0. The zero-order chi connectivity index (χ0) is 17.0. The largest absolute Gasteiger partial charge is 0.386 e. The van der Waals surface area contributed by atoms with Crippen molar-refractivity contribution in [2.45, 2.75) is 25.4 Å². The molecule has 1 saturated heterocycles. The SMILES string of the molecule is Cc1cnc(C(=O)NC[C@@]2(O)CCCN(c3ncccn3)C2)cn1. The van der Waals surface area contributed by atoms with Crippen LogP contribution in [0.3, 0.4) is 0 Å². The normalized spacial score (nSPS) is 20.7. The van der Waals surface area contributed by atoms with Crippen molar-refractivity contribution >= 4 is 11.9 Å². The van der Waals surface area contributed by atoms with Crippen molar-refractivity contribution in [1.29, 1.82) is 0 Å². The summed E-state index contributed by atoms with van der Waals surface area (Å²) in [5.41, 5.74) is -0.0372. The molecule has 8 nitrogen and oxygen atoms in total. The van der Waals surface area contributed by atoms with Gasteiger partial charge in [0.25, 0.3) is 5.91 Å². The van der Waals surface area contributed by atoms with Gasteiger partial charge in [-0.1, -0.05) is 0 Å². The van der Waals surface area contributed by atoms with E-state index in [0.717, 1.165) is 18.7 Å². The van der Waals surface area contributed by atoms with Gasteiger partial charge in [-0.2, -0.15) is 0 Å². The van der Waals surface area contributed by atoms with E-state index in [9.17, 15) is 9.90 Å². The highest BCUT2D eigenvalue weighted by Gasteiger charge is 2.34. The highest BCUT2D eigenvalue weighted by Crippen LogP contribution is 2.23. The second-order valence-corrected chi connectivity index (χ2v) is 6.02. The molecule has 2 aromatic rings. The lowest BCUT2D eigenvalue weighted by molar-refractivity contribution is 0.0251. The summed E-state index contributed by atoms with van der Waals surface area (Å²) < 4.78 is 0. The van der Waals surface area contributed by atoms with Crippen LogP contribution in [-0.4, -0.2) is 56.2 Å². The fraction of sp³-hybridized carbons (Fsp3) is 0.438. The number of hydrogen-bond acceptors (Lipinski definition) is 7. The molecule has 0 unspecified atom stereocenters. The van der Waals surface area contributed by atoms with Gasteiger partial charge in [-0.25, -0.2) is 15.0 Å². The molecule has 0 bridgehead atoms. The molecule has 0 spiro atoms. The van der Waals surface area contributed by atoms with E-state index >= 15 is 0 Å². The molecule has 8 heteroatoms. The molecule has 24 heavy (non-hydrogen) atoms. The summed E-state index contributed by atoms with van der Waals surface area (Å²) in [4.78, 5) is 30.6.